The van der Waals surface area contributed by atoms with Crippen molar-refractivity contribution >= 4 is 5.91 Å². The number of carbonyl (C=O) groups is 1. The van der Waals surface area contributed by atoms with Crippen LogP contribution in [0.3, 0.4) is 0 Å². The summed E-state index contributed by atoms with van der Waals surface area (Å²) in [5.74, 6) is 0.0121. The molecule has 2 rings (SSSR count). The number of benzene rings is 1. The highest BCUT2D eigenvalue weighted by Crippen LogP contribution is 2.12. The second-order valence-corrected chi connectivity index (χ2v) is 4.21. The van der Waals surface area contributed by atoms with Gasteiger partial charge in [-0.25, -0.2) is 0 Å². The van der Waals surface area contributed by atoms with E-state index in [1.54, 1.807) is 0 Å². The first-order valence-corrected chi connectivity index (χ1v) is 5.70. The van der Waals surface area contributed by atoms with Crippen molar-refractivity contribution < 1.29 is 9.53 Å². The summed E-state index contributed by atoms with van der Waals surface area (Å²) < 4.78 is 5.31. The van der Waals surface area contributed by atoms with Crippen LogP contribution in [0, 0.1) is 6.92 Å². The Labute approximate surface area is 95.8 Å². The van der Waals surface area contributed by atoms with E-state index >= 15 is 0 Å². The molecule has 0 unspecified atom stereocenters. The molecule has 1 fully saturated rings. The number of carbonyl (C=O) groups excluding carboxylic acids is 1. The summed E-state index contributed by atoms with van der Waals surface area (Å²) in [6.07, 6.45) is 1.60. The molecular weight excluding hydrogens is 202 g/mol. The molecule has 1 aromatic rings. The summed E-state index contributed by atoms with van der Waals surface area (Å²) >= 11 is 0. The van der Waals surface area contributed by atoms with E-state index in [1.165, 1.54) is 5.56 Å². The lowest BCUT2D eigenvalue weighted by molar-refractivity contribution is -0.130. The molecule has 1 amide bonds. The number of nitrogens with one attached hydrogen (secondary N) is 1. The zero-order valence-corrected chi connectivity index (χ0v) is 9.53. The first-order valence-electron chi connectivity index (χ1n) is 5.70. The van der Waals surface area contributed by atoms with Crippen LogP contribution in [-0.2, 0) is 16.1 Å². The van der Waals surface area contributed by atoms with Gasteiger partial charge in [0.1, 0.15) is 6.10 Å². The van der Waals surface area contributed by atoms with Crippen LogP contribution in [0.4, 0.5) is 0 Å². The zero-order chi connectivity index (χ0) is 11.4. The second kappa shape index (κ2) is 5.12. The molecule has 1 aromatic carbocycles. The van der Waals surface area contributed by atoms with Gasteiger partial charge in [0, 0.05) is 13.2 Å². The predicted molar refractivity (Wildman–Crippen MR) is 62.0 cm³/mol. The molecule has 86 valence electrons. The summed E-state index contributed by atoms with van der Waals surface area (Å²) in [7, 11) is 0. The molecule has 0 aliphatic carbocycles. The van der Waals surface area contributed by atoms with Crippen LogP contribution in [0.25, 0.3) is 0 Å². The fraction of sp³-hybridized carbons (Fsp3) is 0.462. The lowest BCUT2D eigenvalue weighted by Gasteiger charge is -2.10. The summed E-state index contributed by atoms with van der Waals surface area (Å²) in [6, 6.07) is 8.16. The fourth-order valence-electron chi connectivity index (χ4n) is 1.79. The molecule has 0 bridgehead atoms. The Morgan fingerprint density at radius 3 is 2.81 bits per heavy atom. The van der Waals surface area contributed by atoms with Crippen LogP contribution in [0.5, 0.6) is 0 Å². The average Bonchev–Trinajstić information content (AvgIpc) is 2.81. The van der Waals surface area contributed by atoms with Gasteiger partial charge in [-0.1, -0.05) is 29.8 Å². The minimum absolute atomic E-state index is 0.0121. The fourth-order valence-corrected chi connectivity index (χ4v) is 1.79. The van der Waals surface area contributed by atoms with E-state index in [2.05, 4.69) is 12.2 Å². The van der Waals surface area contributed by atoms with E-state index in [9.17, 15) is 4.79 Å². The molecule has 1 N–H and O–H groups in total. The first kappa shape index (κ1) is 11.1. The minimum atomic E-state index is -0.231. The van der Waals surface area contributed by atoms with Crippen molar-refractivity contribution in [3.8, 4) is 0 Å². The van der Waals surface area contributed by atoms with Gasteiger partial charge in [-0.15, -0.1) is 0 Å². The van der Waals surface area contributed by atoms with Crippen LogP contribution in [0.1, 0.15) is 24.0 Å². The Morgan fingerprint density at radius 1 is 1.44 bits per heavy atom. The number of aryl methyl sites for hydroxylation is 1. The number of rotatable bonds is 3. The molecule has 1 aliphatic rings. The molecule has 1 heterocycles. The topological polar surface area (TPSA) is 38.3 Å². The quantitative estimate of drug-likeness (QED) is 0.841. The lowest BCUT2D eigenvalue weighted by atomic mass is 10.1. The molecule has 3 heteroatoms. The molecular formula is C13H17NO2. The summed E-state index contributed by atoms with van der Waals surface area (Å²) in [6.45, 7) is 3.34. The van der Waals surface area contributed by atoms with E-state index in [-0.39, 0.29) is 12.0 Å². The van der Waals surface area contributed by atoms with E-state index in [1.807, 2.05) is 24.3 Å². The number of hydrogen-bond donors (Lipinski definition) is 1. The molecule has 0 spiro atoms. The Balaban J connectivity index is 1.82. The summed E-state index contributed by atoms with van der Waals surface area (Å²) in [5, 5.41) is 2.90. The largest absolute Gasteiger partial charge is 0.368 e. The van der Waals surface area contributed by atoms with E-state index in [0.29, 0.717) is 13.2 Å². The van der Waals surface area contributed by atoms with Gasteiger partial charge in [0.15, 0.2) is 0 Å². The summed E-state index contributed by atoms with van der Waals surface area (Å²) in [4.78, 5) is 11.6. The van der Waals surface area contributed by atoms with E-state index in [4.69, 9.17) is 4.74 Å². The van der Waals surface area contributed by atoms with Crippen LogP contribution in [0.15, 0.2) is 24.3 Å². The number of hydrogen-bond acceptors (Lipinski definition) is 2. The highest BCUT2D eigenvalue weighted by Gasteiger charge is 2.22. The number of ether oxygens (including phenoxy) is 1. The van der Waals surface area contributed by atoms with Crippen molar-refractivity contribution in [2.45, 2.75) is 32.4 Å². The van der Waals surface area contributed by atoms with Crippen molar-refractivity contribution in [1.29, 1.82) is 0 Å². The van der Waals surface area contributed by atoms with Gasteiger partial charge < -0.3 is 10.1 Å². The second-order valence-electron chi connectivity index (χ2n) is 4.21. The van der Waals surface area contributed by atoms with Crippen LogP contribution in [-0.4, -0.2) is 18.6 Å². The van der Waals surface area contributed by atoms with Crippen molar-refractivity contribution in [3.63, 3.8) is 0 Å². The van der Waals surface area contributed by atoms with Crippen LogP contribution < -0.4 is 5.32 Å². The van der Waals surface area contributed by atoms with Crippen LogP contribution in [0.2, 0.25) is 0 Å². The van der Waals surface area contributed by atoms with Crippen molar-refractivity contribution in [3.05, 3.63) is 35.4 Å². The zero-order valence-electron chi connectivity index (χ0n) is 9.53. The van der Waals surface area contributed by atoms with Crippen LogP contribution >= 0.6 is 0 Å². The average molecular weight is 219 g/mol. The molecule has 3 nitrogen and oxygen atoms in total. The smallest absolute Gasteiger partial charge is 0.249 e. The van der Waals surface area contributed by atoms with Crippen molar-refractivity contribution in [2.24, 2.45) is 0 Å². The van der Waals surface area contributed by atoms with Gasteiger partial charge in [0.25, 0.3) is 0 Å². The molecule has 0 radical (unpaired) electrons. The van der Waals surface area contributed by atoms with Crippen molar-refractivity contribution in [2.75, 3.05) is 6.61 Å². The maximum Gasteiger partial charge on any atom is 0.249 e. The van der Waals surface area contributed by atoms with Gasteiger partial charge in [0.2, 0.25) is 5.91 Å². The predicted octanol–water partition coefficient (Wildman–Crippen LogP) is 1.79. The number of amides is 1. The van der Waals surface area contributed by atoms with E-state index < -0.39 is 0 Å². The molecule has 0 aromatic heterocycles. The SMILES string of the molecule is Cc1ccc(CNC(=O)[C@@H]2CCCO2)cc1. The van der Waals surface area contributed by atoms with Gasteiger partial charge in [-0.05, 0) is 25.3 Å². The maximum atomic E-state index is 11.6. The minimum Gasteiger partial charge on any atom is -0.368 e. The standard InChI is InChI=1S/C13H17NO2/c1-10-4-6-11(7-5-10)9-14-13(15)12-3-2-8-16-12/h4-7,12H,2-3,8-9H2,1H3,(H,14,15)/t12-/m0/s1. The van der Waals surface area contributed by atoms with Gasteiger partial charge in [-0.2, -0.15) is 0 Å². The Kier molecular flexibility index (Phi) is 3.57. The third-order valence-corrected chi connectivity index (χ3v) is 2.81. The summed E-state index contributed by atoms with van der Waals surface area (Å²) in [5.41, 5.74) is 2.35. The maximum absolute atomic E-state index is 11.6. The Hall–Kier alpha value is -1.35. The molecule has 1 aliphatic heterocycles. The van der Waals surface area contributed by atoms with Crippen molar-refractivity contribution in [1.82, 2.24) is 5.32 Å². The Morgan fingerprint density at radius 2 is 2.19 bits per heavy atom. The Bertz CT molecular complexity index is 353. The highest BCUT2D eigenvalue weighted by atomic mass is 16.5. The van der Waals surface area contributed by atoms with Gasteiger partial charge in [-0.3, -0.25) is 4.79 Å². The molecule has 1 saturated heterocycles. The normalized spacial score (nSPS) is 19.7. The highest BCUT2D eigenvalue weighted by molar-refractivity contribution is 5.80. The third-order valence-electron chi connectivity index (χ3n) is 2.81. The van der Waals surface area contributed by atoms with Gasteiger partial charge >= 0.3 is 0 Å². The monoisotopic (exact) mass is 219 g/mol. The van der Waals surface area contributed by atoms with Gasteiger partial charge in [0.05, 0.1) is 0 Å². The molecule has 16 heavy (non-hydrogen) atoms. The molecule has 0 saturated carbocycles. The molecule has 1 atom stereocenters. The van der Waals surface area contributed by atoms with E-state index in [0.717, 1.165) is 18.4 Å². The first-order chi connectivity index (χ1) is 7.75. The lowest BCUT2D eigenvalue weighted by Crippen LogP contribution is -2.33. The third kappa shape index (κ3) is 2.83.